The quantitative estimate of drug-likeness (QED) is 0.237. The molecule has 0 saturated carbocycles. The van der Waals surface area contributed by atoms with Gasteiger partial charge in [0, 0.05) is 15.6 Å². The second kappa shape index (κ2) is 10.1. The smallest absolute Gasteiger partial charge is 0.267 e. The fourth-order valence-corrected chi connectivity index (χ4v) is 5.93. The van der Waals surface area contributed by atoms with Gasteiger partial charge in [-0.25, -0.2) is 4.98 Å². The molecule has 1 N–H and O–H groups in total. The number of benzene rings is 2. The van der Waals surface area contributed by atoms with E-state index in [2.05, 4.69) is 12.2 Å². The van der Waals surface area contributed by atoms with E-state index in [1.807, 2.05) is 50.2 Å². The number of thioether (sulfide) groups is 1. The Morgan fingerprint density at radius 1 is 1.18 bits per heavy atom. The molecule has 0 saturated heterocycles. The molecule has 0 aliphatic rings. The number of rotatable bonds is 7. The third-order valence-corrected chi connectivity index (χ3v) is 7.75. The Morgan fingerprint density at radius 3 is 2.67 bits per heavy atom. The van der Waals surface area contributed by atoms with E-state index in [1.165, 1.54) is 16.6 Å². The number of thiophene rings is 1. The van der Waals surface area contributed by atoms with Crippen molar-refractivity contribution in [3.8, 4) is 5.69 Å². The minimum atomic E-state index is -0.187. The van der Waals surface area contributed by atoms with Crippen molar-refractivity contribution in [2.45, 2.75) is 38.8 Å². The molecule has 2 aromatic heterocycles. The number of aryl methyl sites for hydroxylation is 3. The molecular formula is C25H24ClN3O2S2. The van der Waals surface area contributed by atoms with Crippen LogP contribution in [0.2, 0.25) is 5.02 Å². The van der Waals surface area contributed by atoms with Crippen molar-refractivity contribution in [2.75, 3.05) is 11.1 Å². The van der Waals surface area contributed by atoms with Gasteiger partial charge in [-0.05, 0) is 55.7 Å². The zero-order chi connectivity index (χ0) is 23.5. The molecule has 170 valence electrons. The highest BCUT2D eigenvalue weighted by Crippen LogP contribution is 2.31. The zero-order valence-corrected chi connectivity index (χ0v) is 21.0. The summed E-state index contributed by atoms with van der Waals surface area (Å²) in [4.78, 5) is 33.1. The molecule has 33 heavy (non-hydrogen) atoms. The van der Waals surface area contributed by atoms with Crippen LogP contribution in [0.1, 0.15) is 29.3 Å². The lowest BCUT2D eigenvalue weighted by Crippen LogP contribution is -2.23. The van der Waals surface area contributed by atoms with Crippen molar-refractivity contribution in [3.05, 3.63) is 79.9 Å². The summed E-state index contributed by atoms with van der Waals surface area (Å²) >= 11 is 8.89. The molecule has 4 aromatic rings. The van der Waals surface area contributed by atoms with Gasteiger partial charge in [-0.2, -0.15) is 0 Å². The molecule has 4 rings (SSSR count). The van der Waals surface area contributed by atoms with Crippen LogP contribution in [0.3, 0.4) is 0 Å². The number of nitrogens with zero attached hydrogens (tertiary/aromatic N) is 2. The first kappa shape index (κ1) is 23.5. The Bertz CT molecular complexity index is 1380. The van der Waals surface area contributed by atoms with Gasteiger partial charge in [0.2, 0.25) is 5.91 Å². The topological polar surface area (TPSA) is 64.0 Å². The second-order valence-electron chi connectivity index (χ2n) is 7.75. The summed E-state index contributed by atoms with van der Waals surface area (Å²) in [5, 5.41) is 4.63. The van der Waals surface area contributed by atoms with Gasteiger partial charge >= 0.3 is 0 Å². The highest BCUT2D eigenvalue weighted by atomic mass is 35.5. The van der Waals surface area contributed by atoms with Crippen molar-refractivity contribution in [1.82, 2.24) is 9.55 Å². The molecule has 2 heterocycles. The van der Waals surface area contributed by atoms with Gasteiger partial charge in [0.05, 0.1) is 16.8 Å². The average molecular weight is 498 g/mol. The summed E-state index contributed by atoms with van der Waals surface area (Å²) < 4.78 is 1.61. The molecular weight excluding hydrogens is 474 g/mol. The number of carbonyl (C=O) groups excluding carboxylic acids is 1. The second-order valence-corrected chi connectivity index (χ2v) is 10.2. The summed E-state index contributed by atoms with van der Waals surface area (Å²) in [7, 11) is 0. The standard InChI is InChI=1S/C25H24ClN3O2S2/c1-4-8-20-16(3)22-23(33-20)28-25(29(24(22)31)18-9-6-5-7-10-18)32-14-21(30)27-19-13-17(26)12-11-15(19)2/h5-7,9-13H,4,8,14H2,1-3H3,(H,27,30). The Hall–Kier alpha value is -2.61. The third-order valence-electron chi connectivity index (χ3n) is 5.33. The predicted molar refractivity (Wildman–Crippen MR) is 139 cm³/mol. The van der Waals surface area contributed by atoms with Crippen LogP contribution in [-0.4, -0.2) is 21.2 Å². The van der Waals surface area contributed by atoms with Crippen molar-refractivity contribution in [3.63, 3.8) is 0 Å². The van der Waals surface area contributed by atoms with E-state index in [9.17, 15) is 9.59 Å². The van der Waals surface area contributed by atoms with Crippen LogP contribution in [0, 0.1) is 13.8 Å². The highest BCUT2D eigenvalue weighted by Gasteiger charge is 2.20. The number of hydrogen-bond acceptors (Lipinski definition) is 5. The van der Waals surface area contributed by atoms with Gasteiger partial charge in [-0.15, -0.1) is 11.3 Å². The van der Waals surface area contributed by atoms with Crippen LogP contribution < -0.4 is 10.9 Å². The monoisotopic (exact) mass is 497 g/mol. The Balaban J connectivity index is 1.70. The molecule has 0 atom stereocenters. The Kier molecular flexibility index (Phi) is 7.22. The largest absolute Gasteiger partial charge is 0.325 e. The normalized spacial score (nSPS) is 11.2. The molecule has 2 aromatic carbocycles. The first-order chi connectivity index (χ1) is 15.9. The van der Waals surface area contributed by atoms with Crippen LogP contribution in [0.25, 0.3) is 15.9 Å². The SMILES string of the molecule is CCCc1sc2nc(SCC(=O)Nc3cc(Cl)ccc3C)n(-c3ccccc3)c(=O)c2c1C. The molecule has 0 spiro atoms. The van der Waals surface area contributed by atoms with Crippen molar-refractivity contribution >= 4 is 56.5 Å². The number of anilines is 1. The van der Waals surface area contributed by atoms with Crippen LogP contribution in [0.5, 0.6) is 0 Å². The molecule has 0 aliphatic carbocycles. The molecule has 0 unspecified atom stereocenters. The van der Waals surface area contributed by atoms with Crippen LogP contribution in [-0.2, 0) is 11.2 Å². The zero-order valence-electron chi connectivity index (χ0n) is 18.6. The van der Waals surface area contributed by atoms with E-state index in [0.29, 0.717) is 21.3 Å². The summed E-state index contributed by atoms with van der Waals surface area (Å²) in [5.74, 6) is -0.0727. The minimum absolute atomic E-state index is 0.101. The van der Waals surface area contributed by atoms with Gasteiger partial charge < -0.3 is 5.32 Å². The van der Waals surface area contributed by atoms with Gasteiger partial charge in [-0.1, -0.05) is 61.0 Å². The first-order valence-corrected chi connectivity index (χ1v) is 12.9. The van der Waals surface area contributed by atoms with E-state index in [-0.39, 0.29) is 17.2 Å². The third kappa shape index (κ3) is 5.00. The first-order valence-electron chi connectivity index (χ1n) is 10.7. The summed E-state index contributed by atoms with van der Waals surface area (Å²) in [6.07, 6.45) is 1.92. The van der Waals surface area contributed by atoms with E-state index in [4.69, 9.17) is 16.6 Å². The fraction of sp³-hybridized carbons (Fsp3) is 0.240. The summed E-state index contributed by atoms with van der Waals surface area (Å²) in [6, 6.07) is 14.8. The van der Waals surface area contributed by atoms with Gasteiger partial charge in [0.25, 0.3) is 5.56 Å². The molecule has 5 nitrogen and oxygen atoms in total. The number of fused-ring (bicyclic) bond motifs is 1. The minimum Gasteiger partial charge on any atom is -0.325 e. The average Bonchev–Trinajstić information content (AvgIpc) is 3.11. The van der Waals surface area contributed by atoms with Gasteiger partial charge in [0.1, 0.15) is 4.83 Å². The Morgan fingerprint density at radius 2 is 1.94 bits per heavy atom. The van der Waals surface area contributed by atoms with E-state index in [1.54, 1.807) is 28.0 Å². The van der Waals surface area contributed by atoms with Crippen LogP contribution >= 0.6 is 34.7 Å². The van der Waals surface area contributed by atoms with Crippen molar-refractivity contribution < 1.29 is 4.79 Å². The number of para-hydroxylation sites is 1. The number of carbonyl (C=O) groups is 1. The molecule has 0 aliphatic heterocycles. The molecule has 1 amide bonds. The number of nitrogens with one attached hydrogen (secondary N) is 1. The van der Waals surface area contributed by atoms with Gasteiger partial charge in [-0.3, -0.25) is 14.2 Å². The maximum Gasteiger partial charge on any atom is 0.267 e. The lowest BCUT2D eigenvalue weighted by atomic mass is 10.1. The lowest BCUT2D eigenvalue weighted by molar-refractivity contribution is -0.113. The summed E-state index contributed by atoms with van der Waals surface area (Å²) in [5.41, 5.74) is 3.24. The lowest BCUT2D eigenvalue weighted by Gasteiger charge is -2.13. The fourth-order valence-electron chi connectivity index (χ4n) is 3.62. The number of aromatic nitrogens is 2. The van der Waals surface area contributed by atoms with E-state index < -0.39 is 0 Å². The molecule has 0 fully saturated rings. The Labute approximate surface area is 205 Å². The van der Waals surface area contributed by atoms with Gasteiger partial charge in [0.15, 0.2) is 5.16 Å². The molecule has 8 heteroatoms. The number of amides is 1. The number of halogens is 1. The van der Waals surface area contributed by atoms with Crippen molar-refractivity contribution in [2.24, 2.45) is 0 Å². The maximum absolute atomic E-state index is 13.6. The molecule has 0 radical (unpaired) electrons. The van der Waals surface area contributed by atoms with Crippen LogP contribution in [0.4, 0.5) is 5.69 Å². The molecule has 0 bridgehead atoms. The van der Waals surface area contributed by atoms with E-state index in [0.717, 1.165) is 34.5 Å². The van der Waals surface area contributed by atoms with Crippen molar-refractivity contribution in [1.29, 1.82) is 0 Å². The maximum atomic E-state index is 13.6. The predicted octanol–water partition coefficient (Wildman–Crippen LogP) is 6.40. The summed E-state index contributed by atoms with van der Waals surface area (Å²) in [6.45, 7) is 6.03. The van der Waals surface area contributed by atoms with E-state index >= 15 is 0 Å². The highest BCUT2D eigenvalue weighted by molar-refractivity contribution is 7.99. The number of hydrogen-bond donors (Lipinski definition) is 1. The van der Waals surface area contributed by atoms with Crippen LogP contribution in [0.15, 0.2) is 58.5 Å².